The summed E-state index contributed by atoms with van der Waals surface area (Å²) < 4.78 is 26.4. The second kappa shape index (κ2) is 24.4. The number of carbonyl (C=O) groups is 5. The standard InChI is InChI=1S/C28H32N6O6.C23H24N6O4.CH4/c1-28(2,3)40-27(37)30-11-10-29-25(36)16-6-8-19-20(12-16)33-23(35)13-17-15-31-26(34-24(17)19)32-18-7-9-21(38-4)22(14-18)39-5;1-32-18-6-4-15(11-19(18)33-2)27-23-26-12-14-10-20(30)28-17-9-13(22(31)25-8-7-24)3-5-16(17)21(14)29-23;/h6-9,12,14-15H,10-11,13H2,1-5H3,(H,29,36)(H,30,37)(H,33,35)(H,31,32,34);3-6,9,11-12H,7-8,10,24H2,1-2H3,(H,25,31)(H,28,30)(H,26,27,29);1H4. The van der Waals surface area contributed by atoms with Gasteiger partial charge >= 0.3 is 6.09 Å². The first-order valence-corrected chi connectivity index (χ1v) is 22.9. The Labute approximate surface area is 427 Å². The monoisotopic (exact) mass is 1010 g/mol. The lowest BCUT2D eigenvalue weighted by Gasteiger charge is -2.19. The quantitative estimate of drug-likeness (QED) is 0.0518. The van der Waals surface area contributed by atoms with E-state index >= 15 is 0 Å². The van der Waals surface area contributed by atoms with Crippen LogP contribution >= 0.6 is 0 Å². The van der Waals surface area contributed by atoms with Crippen LogP contribution in [0.1, 0.15) is 60.0 Å². The molecule has 0 aliphatic carbocycles. The molecule has 0 unspecified atom stereocenters. The maximum Gasteiger partial charge on any atom is 0.407 e. The second-order valence-corrected chi connectivity index (χ2v) is 17.2. The molecule has 388 valence electrons. The number of ether oxygens (including phenoxy) is 5. The lowest BCUT2D eigenvalue weighted by atomic mass is 10.0. The zero-order valence-electron chi connectivity index (χ0n) is 41.3. The molecular weight excluding hydrogens is 953 g/mol. The molecule has 5 amide bonds. The summed E-state index contributed by atoms with van der Waals surface area (Å²) in [7, 11) is 6.25. The van der Waals surface area contributed by atoms with Crippen LogP contribution in [0.3, 0.4) is 0 Å². The van der Waals surface area contributed by atoms with Crippen molar-refractivity contribution >= 4 is 64.4 Å². The fourth-order valence-corrected chi connectivity index (χ4v) is 7.52. The molecule has 8 rings (SSSR count). The van der Waals surface area contributed by atoms with Gasteiger partial charge in [-0.1, -0.05) is 7.43 Å². The molecule has 4 aromatic carbocycles. The van der Waals surface area contributed by atoms with Crippen molar-refractivity contribution in [3.05, 3.63) is 107 Å². The smallest absolute Gasteiger partial charge is 0.407 e. The SMILES string of the molecule is C.COc1ccc(Nc2ncc3c(n2)-c2ccc(C(=O)NCCN)cc2NC(=O)C3)cc1OC.COc1ccc(Nc2ncc3c(n2)-c2ccc(C(=O)NCCNC(=O)OC(C)(C)C)cc2NC(=O)C3)cc1OC. The highest BCUT2D eigenvalue weighted by molar-refractivity contribution is 6.04. The summed E-state index contributed by atoms with van der Waals surface area (Å²) in [5.74, 6) is 1.92. The fourth-order valence-electron chi connectivity index (χ4n) is 7.52. The van der Waals surface area contributed by atoms with Crippen LogP contribution in [0.5, 0.6) is 23.0 Å². The van der Waals surface area contributed by atoms with E-state index in [-0.39, 0.29) is 57.0 Å². The predicted octanol–water partition coefficient (Wildman–Crippen LogP) is 6.38. The van der Waals surface area contributed by atoms with Crippen LogP contribution in [0.4, 0.5) is 39.4 Å². The Morgan fingerprint density at radius 3 is 1.45 bits per heavy atom. The van der Waals surface area contributed by atoms with Gasteiger partial charge in [0.1, 0.15) is 5.60 Å². The van der Waals surface area contributed by atoms with Gasteiger partial charge in [-0.25, -0.2) is 24.7 Å². The Balaban J connectivity index is 0.000000242. The molecule has 0 atom stereocenters. The molecule has 0 saturated carbocycles. The van der Waals surface area contributed by atoms with E-state index in [4.69, 9.17) is 29.4 Å². The van der Waals surface area contributed by atoms with E-state index in [0.29, 0.717) is 116 Å². The minimum atomic E-state index is -0.608. The Kier molecular flexibility index (Phi) is 17.9. The van der Waals surface area contributed by atoms with Gasteiger partial charge in [0, 0.05) is 95.5 Å². The molecule has 74 heavy (non-hydrogen) atoms. The summed E-state index contributed by atoms with van der Waals surface area (Å²) in [4.78, 5) is 80.0. The van der Waals surface area contributed by atoms with Crippen LogP contribution in [-0.4, -0.2) is 110 Å². The van der Waals surface area contributed by atoms with E-state index in [1.807, 2.05) is 12.1 Å². The third-order valence-corrected chi connectivity index (χ3v) is 10.8. The minimum absolute atomic E-state index is 0. The first kappa shape index (κ1) is 54.3. The summed E-state index contributed by atoms with van der Waals surface area (Å²) >= 11 is 0. The van der Waals surface area contributed by atoms with E-state index in [1.54, 1.807) is 122 Å². The average Bonchev–Trinajstić information content (AvgIpc) is 3.60. The number of nitrogens with zero attached hydrogens (tertiary/aromatic N) is 4. The predicted molar refractivity (Wildman–Crippen MR) is 280 cm³/mol. The fraction of sp³-hybridized carbons (Fsp3) is 0.288. The van der Waals surface area contributed by atoms with E-state index < -0.39 is 11.7 Å². The van der Waals surface area contributed by atoms with Crippen molar-refractivity contribution in [2.75, 3.05) is 75.9 Å². The van der Waals surface area contributed by atoms with Crippen LogP contribution in [-0.2, 0) is 27.2 Å². The van der Waals surface area contributed by atoms with E-state index in [1.165, 1.54) is 0 Å². The van der Waals surface area contributed by atoms with Crippen molar-refractivity contribution in [2.45, 2.75) is 46.6 Å². The van der Waals surface area contributed by atoms with E-state index in [9.17, 15) is 24.0 Å². The molecule has 0 radical (unpaired) electrons. The number of hydrogen-bond donors (Lipinski definition) is 8. The molecule has 0 spiro atoms. The zero-order chi connectivity index (χ0) is 52.2. The molecule has 2 aliphatic rings. The third kappa shape index (κ3) is 13.7. The Bertz CT molecular complexity index is 3050. The van der Waals surface area contributed by atoms with Crippen molar-refractivity contribution < 1.29 is 47.7 Å². The Morgan fingerprint density at radius 1 is 0.595 bits per heavy atom. The van der Waals surface area contributed by atoms with Crippen LogP contribution in [0, 0.1) is 0 Å². The van der Waals surface area contributed by atoms with Crippen LogP contribution in [0.15, 0.2) is 85.2 Å². The van der Waals surface area contributed by atoms with Gasteiger partial charge in [-0.3, -0.25) is 19.2 Å². The Hall–Kier alpha value is -9.05. The van der Waals surface area contributed by atoms with Crippen LogP contribution in [0.2, 0.25) is 0 Å². The third-order valence-electron chi connectivity index (χ3n) is 10.8. The summed E-state index contributed by atoms with van der Waals surface area (Å²) in [5.41, 5.74) is 11.8. The lowest BCUT2D eigenvalue weighted by molar-refractivity contribution is -0.116. The van der Waals surface area contributed by atoms with Crippen molar-refractivity contribution in [1.82, 2.24) is 35.9 Å². The first-order chi connectivity index (χ1) is 35.1. The summed E-state index contributed by atoms with van der Waals surface area (Å²) in [6.07, 6.45) is 2.88. The van der Waals surface area contributed by atoms with Gasteiger partial charge in [-0.05, 0) is 81.4 Å². The average molecular weight is 1010 g/mol. The van der Waals surface area contributed by atoms with Gasteiger partial charge in [0.25, 0.3) is 11.8 Å². The number of methoxy groups -OCH3 is 4. The largest absolute Gasteiger partial charge is 0.493 e. The highest BCUT2D eigenvalue weighted by atomic mass is 16.6. The maximum absolute atomic E-state index is 12.7. The number of fused-ring (bicyclic) bond motifs is 6. The molecule has 0 fully saturated rings. The summed E-state index contributed by atoms with van der Waals surface area (Å²) in [6, 6.07) is 20.8. The number of nitrogens with one attached hydrogen (secondary N) is 7. The number of anilines is 6. The number of aromatic nitrogens is 4. The number of rotatable bonds is 15. The maximum atomic E-state index is 12.7. The zero-order valence-corrected chi connectivity index (χ0v) is 41.3. The minimum Gasteiger partial charge on any atom is -0.493 e. The number of nitrogens with two attached hydrogens (primary N) is 1. The van der Waals surface area contributed by atoms with Crippen molar-refractivity contribution in [2.24, 2.45) is 5.73 Å². The van der Waals surface area contributed by atoms with Gasteiger partial charge in [-0.2, -0.15) is 0 Å². The van der Waals surface area contributed by atoms with Crippen molar-refractivity contribution in [3.63, 3.8) is 0 Å². The van der Waals surface area contributed by atoms with Gasteiger partial charge < -0.3 is 66.6 Å². The van der Waals surface area contributed by atoms with Crippen LogP contribution in [0.25, 0.3) is 22.5 Å². The summed E-state index contributed by atoms with van der Waals surface area (Å²) in [5, 5.41) is 20.1. The lowest BCUT2D eigenvalue weighted by Crippen LogP contribution is -2.37. The van der Waals surface area contributed by atoms with Gasteiger partial charge in [0.05, 0.1) is 64.0 Å². The van der Waals surface area contributed by atoms with Crippen LogP contribution < -0.4 is 61.9 Å². The molecule has 22 heteroatoms. The molecule has 9 N–H and O–H groups in total. The number of carbonyl (C=O) groups excluding carboxylic acids is 5. The van der Waals surface area contributed by atoms with Crippen molar-refractivity contribution in [3.8, 4) is 45.5 Å². The molecule has 0 bridgehead atoms. The molecule has 2 aliphatic heterocycles. The Morgan fingerprint density at radius 2 is 1.03 bits per heavy atom. The summed E-state index contributed by atoms with van der Waals surface area (Å²) in [6.45, 7) is 6.41. The second-order valence-electron chi connectivity index (χ2n) is 17.2. The van der Waals surface area contributed by atoms with Gasteiger partial charge in [0.2, 0.25) is 23.7 Å². The molecule has 6 aromatic rings. The molecule has 2 aromatic heterocycles. The van der Waals surface area contributed by atoms with Crippen molar-refractivity contribution in [1.29, 1.82) is 0 Å². The molecular formula is C52H60N12O10. The number of hydrogen-bond acceptors (Lipinski definition) is 17. The highest BCUT2D eigenvalue weighted by Gasteiger charge is 2.25. The first-order valence-electron chi connectivity index (χ1n) is 22.9. The van der Waals surface area contributed by atoms with E-state index in [2.05, 4.69) is 57.2 Å². The number of benzene rings is 4. The molecule has 4 heterocycles. The molecule has 0 saturated heterocycles. The van der Waals surface area contributed by atoms with Gasteiger partial charge in [0.15, 0.2) is 23.0 Å². The highest BCUT2D eigenvalue weighted by Crippen LogP contribution is 2.37. The number of alkyl carbamates (subject to hydrolysis) is 1. The normalized spacial score (nSPS) is 11.9. The van der Waals surface area contributed by atoms with E-state index in [0.717, 1.165) is 0 Å². The number of amides is 5. The topological polar surface area (TPSA) is 293 Å². The van der Waals surface area contributed by atoms with Gasteiger partial charge in [-0.15, -0.1) is 0 Å². The molecule has 22 nitrogen and oxygen atoms in total.